The SMILES string of the molecule is CCOc1cc2c(cc1/C=C/C(=O)OCC(=O)Nc1ccccc1F)O[C@@H](C)C2. The van der Waals surface area contributed by atoms with Crippen LogP contribution < -0.4 is 14.8 Å². The molecule has 0 spiro atoms. The summed E-state index contributed by atoms with van der Waals surface area (Å²) in [4.78, 5) is 23.8. The van der Waals surface area contributed by atoms with E-state index < -0.39 is 24.3 Å². The fraction of sp³-hybridized carbons (Fsp3) is 0.273. The first-order valence-electron chi connectivity index (χ1n) is 9.32. The van der Waals surface area contributed by atoms with Crippen LogP contribution in [0.25, 0.3) is 6.08 Å². The van der Waals surface area contributed by atoms with Crippen molar-refractivity contribution in [2.45, 2.75) is 26.4 Å². The van der Waals surface area contributed by atoms with Gasteiger partial charge in [-0.1, -0.05) is 12.1 Å². The topological polar surface area (TPSA) is 73.9 Å². The predicted octanol–water partition coefficient (Wildman–Crippen LogP) is 3.74. The first-order valence-corrected chi connectivity index (χ1v) is 9.32. The second kappa shape index (κ2) is 9.23. The van der Waals surface area contributed by atoms with Crippen molar-refractivity contribution in [2.24, 2.45) is 0 Å². The highest BCUT2D eigenvalue weighted by molar-refractivity contribution is 5.94. The maximum atomic E-state index is 13.5. The van der Waals surface area contributed by atoms with Crippen LogP contribution in [0.15, 0.2) is 42.5 Å². The van der Waals surface area contributed by atoms with E-state index in [1.54, 1.807) is 12.1 Å². The van der Waals surface area contributed by atoms with Crippen LogP contribution in [-0.2, 0) is 20.7 Å². The van der Waals surface area contributed by atoms with Gasteiger partial charge < -0.3 is 19.5 Å². The minimum Gasteiger partial charge on any atom is -0.493 e. The number of anilines is 1. The van der Waals surface area contributed by atoms with Crippen molar-refractivity contribution < 1.29 is 28.2 Å². The quantitative estimate of drug-likeness (QED) is 0.567. The Balaban J connectivity index is 1.60. The van der Waals surface area contributed by atoms with E-state index in [1.807, 2.05) is 26.0 Å². The molecule has 0 saturated carbocycles. The highest BCUT2D eigenvalue weighted by Gasteiger charge is 2.21. The van der Waals surface area contributed by atoms with E-state index in [2.05, 4.69) is 5.32 Å². The van der Waals surface area contributed by atoms with Gasteiger partial charge in [-0.25, -0.2) is 9.18 Å². The molecule has 0 fully saturated rings. The normalized spacial score (nSPS) is 14.9. The molecule has 1 N–H and O–H groups in total. The number of esters is 1. The molecule has 1 aliphatic heterocycles. The largest absolute Gasteiger partial charge is 0.493 e. The Morgan fingerprint density at radius 2 is 2.10 bits per heavy atom. The summed E-state index contributed by atoms with van der Waals surface area (Å²) in [6.45, 7) is 3.82. The summed E-state index contributed by atoms with van der Waals surface area (Å²) in [5, 5.41) is 2.35. The molecule has 2 aromatic carbocycles. The maximum Gasteiger partial charge on any atom is 0.331 e. The van der Waals surface area contributed by atoms with Crippen LogP contribution >= 0.6 is 0 Å². The minimum atomic E-state index is -0.703. The van der Waals surface area contributed by atoms with E-state index in [-0.39, 0.29) is 11.8 Å². The summed E-state index contributed by atoms with van der Waals surface area (Å²) in [6.07, 6.45) is 3.66. The summed E-state index contributed by atoms with van der Waals surface area (Å²) in [7, 11) is 0. The van der Waals surface area contributed by atoms with E-state index in [4.69, 9.17) is 14.2 Å². The fourth-order valence-corrected chi connectivity index (χ4v) is 2.96. The molecular weight excluding hydrogens is 377 g/mol. The van der Waals surface area contributed by atoms with Gasteiger partial charge in [0.25, 0.3) is 5.91 Å². The second-order valence-corrected chi connectivity index (χ2v) is 6.53. The minimum absolute atomic E-state index is 0.0258. The van der Waals surface area contributed by atoms with Crippen molar-refractivity contribution >= 4 is 23.6 Å². The lowest BCUT2D eigenvalue weighted by molar-refractivity contribution is -0.142. The number of fused-ring (bicyclic) bond motifs is 1. The Morgan fingerprint density at radius 3 is 2.86 bits per heavy atom. The number of ether oxygens (including phenoxy) is 3. The molecule has 7 heteroatoms. The second-order valence-electron chi connectivity index (χ2n) is 6.53. The van der Waals surface area contributed by atoms with Crippen molar-refractivity contribution in [3.8, 4) is 11.5 Å². The standard InChI is InChI=1S/C22H22FNO5/c1-3-27-19-12-16-10-14(2)29-20(16)11-15(19)8-9-22(26)28-13-21(25)24-18-7-5-4-6-17(18)23/h4-9,11-12,14H,3,10,13H2,1-2H3,(H,24,25)/b9-8+/t14-/m0/s1. The fourth-order valence-electron chi connectivity index (χ4n) is 2.96. The van der Waals surface area contributed by atoms with Crippen molar-refractivity contribution in [1.29, 1.82) is 0 Å². The molecule has 0 unspecified atom stereocenters. The molecule has 0 radical (unpaired) electrons. The van der Waals surface area contributed by atoms with E-state index in [0.717, 1.165) is 17.7 Å². The zero-order valence-corrected chi connectivity index (χ0v) is 16.2. The molecule has 29 heavy (non-hydrogen) atoms. The number of halogens is 1. The summed E-state index contributed by atoms with van der Waals surface area (Å²) in [5.41, 5.74) is 1.76. The maximum absolute atomic E-state index is 13.5. The van der Waals surface area contributed by atoms with E-state index >= 15 is 0 Å². The Kier molecular flexibility index (Phi) is 6.49. The Bertz CT molecular complexity index is 941. The lowest BCUT2D eigenvalue weighted by Crippen LogP contribution is -2.20. The zero-order chi connectivity index (χ0) is 20.8. The monoisotopic (exact) mass is 399 g/mol. The number of para-hydroxylation sites is 1. The van der Waals surface area contributed by atoms with Crippen LogP contribution in [0.5, 0.6) is 11.5 Å². The van der Waals surface area contributed by atoms with Gasteiger partial charge in [0.2, 0.25) is 0 Å². The molecule has 1 heterocycles. The summed E-state index contributed by atoms with van der Waals surface area (Å²) >= 11 is 0. The van der Waals surface area contributed by atoms with Gasteiger partial charge in [0.05, 0.1) is 12.3 Å². The van der Waals surface area contributed by atoms with Crippen molar-refractivity contribution in [3.63, 3.8) is 0 Å². The molecular formula is C22H22FNO5. The third-order valence-corrected chi connectivity index (χ3v) is 4.22. The number of benzene rings is 2. The van der Waals surface area contributed by atoms with Gasteiger partial charge in [0.1, 0.15) is 23.4 Å². The lowest BCUT2D eigenvalue weighted by atomic mass is 10.1. The Morgan fingerprint density at radius 1 is 1.31 bits per heavy atom. The van der Waals surface area contributed by atoms with Crippen molar-refractivity contribution in [2.75, 3.05) is 18.5 Å². The van der Waals surface area contributed by atoms with Gasteiger partial charge in [-0.05, 0) is 44.2 Å². The number of nitrogens with one attached hydrogen (secondary N) is 1. The first-order chi connectivity index (χ1) is 14.0. The van der Waals surface area contributed by atoms with Gasteiger partial charge in [0.15, 0.2) is 6.61 Å². The number of hydrogen-bond donors (Lipinski definition) is 1. The van der Waals surface area contributed by atoms with Gasteiger partial charge in [-0.3, -0.25) is 4.79 Å². The van der Waals surface area contributed by atoms with Gasteiger partial charge in [-0.2, -0.15) is 0 Å². The third kappa shape index (κ3) is 5.34. The predicted molar refractivity (Wildman–Crippen MR) is 106 cm³/mol. The number of amides is 1. The highest BCUT2D eigenvalue weighted by Crippen LogP contribution is 2.35. The number of rotatable bonds is 7. The molecule has 152 valence electrons. The highest BCUT2D eigenvalue weighted by atomic mass is 19.1. The average Bonchev–Trinajstić information content (AvgIpc) is 3.05. The van der Waals surface area contributed by atoms with E-state index in [9.17, 15) is 14.0 Å². The molecule has 0 aromatic heterocycles. The van der Waals surface area contributed by atoms with Crippen LogP contribution in [0.2, 0.25) is 0 Å². The van der Waals surface area contributed by atoms with Crippen LogP contribution in [0.4, 0.5) is 10.1 Å². The molecule has 0 saturated heterocycles. The molecule has 3 rings (SSSR count). The third-order valence-electron chi connectivity index (χ3n) is 4.22. The molecule has 1 atom stereocenters. The molecule has 6 nitrogen and oxygen atoms in total. The average molecular weight is 399 g/mol. The van der Waals surface area contributed by atoms with Crippen LogP contribution in [0.1, 0.15) is 25.0 Å². The number of carbonyl (C=O) groups is 2. The molecule has 1 amide bonds. The zero-order valence-electron chi connectivity index (χ0n) is 16.2. The number of carbonyl (C=O) groups excluding carboxylic acids is 2. The van der Waals surface area contributed by atoms with Gasteiger partial charge in [-0.15, -0.1) is 0 Å². The Labute approximate surface area is 168 Å². The van der Waals surface area contributed by atoms with Gasteiger partial charge in [0, 0.05) is 23.6 Å². The van der Waals surface area contributed by atoms with Crippen molar-refractivity contribution in [3.05, 3.63) is 59.4 Å². The van der Waals surface area contributed by atoms with E-state index in [0.29, 0.717) is 17.9 Å². The molecule has 0 aliphatic carbocycles. The lowest BCUT2D eigenvalue weighted by Gasteiger charge is -2.10. The summed E-state index contributed by atoms with van der Waals surface area (Å²) < 4.78 is 29.8. The summed E-state index contributed by atoms with van der Waals surface area (Å²) in [6, 6.07) is 9.47. The smallest absolute Gasteiger partial charge is 0.331 e. The first kappa shape index (κ1) is 20.4. The Hall–Kier alpha value is -3.35. The molecule has 1 aliphatic rings. The van der Waals surface area contributed by atoms with Crippen molar-refractivity contribution in [1.82, 2.24) is 0 Å². The summed E-state index contributed by atoms with van der Waals surface area (Å²) in [5.74, 6) is -0.495. The van der Waals surface area contributed by atoms with Crippen LogP contribution in [0, 0.1) is 5.82 Å². The van der Waals surface area contributed by atoms with Crippen LogP contribution in [0.3, 0.4) is 0 Å². The molecule has 2 aromatic rings. The van der Waals surface area contributed by atoms with Gasteiger partial charge >= 0.3 is 5.97 Å². The van der Waals surface area contributed by atoms with E-state index in [1.165, 1.54) is 24.3 Å². The number of hydrogen-bond acceptors (Lipinski definition) is 5. The molecule has 0 bridgehead atoms. The van der Waals surface area contributed by atoms with Crippen LogP contribution in [-0.4, -0.2) is 31.2 Å².